The third kappa shape index (κ3) is 5.74. The standard InChI is InChI=1S/C15H22FNOS/c1-12(11-19-3)17(2)10-4-5-15(18)13-6-8-14(16)9-7-13/h6-9,12H,4-5,10-11H2,1-3H3. The van der Waals surface area contributed by atoms with E-state index in [9.17, 15) is 9.18 Å². The van der Waals surface area contributed by atoms with Gasteiger partial charge in [0.25, 0.3) is 0 Å². The molecule has 1 atom stereocenters. The van der Waals surface area contributed by atoms with Crippen LogP contribution in [0.3, 0.4) is 0 Å². The van der Waals surface area contributed by atoms with Gasteiger partial charge in [0.15, 0.2) is 5.78 Å². The lowest BCUT2D eigenvalue weighted by molar-refractivity contribution is 0.0974. The summed E-state index contributed by atoms with van der Waals surface area (Å²) in [6.45, 7) is 3.10. The predicted molar refractivity (Wildman–Crippen MR) is 80.4 cm³/mol. The van der Waals surface area contributed by atoms with Gasteiger partial charge in [-0.3, -0.25) is 4.79 Å². The van der Waals surface area contributed by atoms with E-state index < -0.39 is 0 Å². The first-order valence-corrected chi connectivity index (χ1v) is 7.92. The molecule has 0 aliphatic rings. The first kappa shape index (κ1) is 16.2. The zero-order chi connectivity index (χ0) is 14.3. The minimum atomic E-state index is -0.304. The first-order chi connectivity index (χ1) is 9.04. The van der Waals surface area contributed by atoms with Crippen molar-refractivity contribution in [3.05, 3.63) is 35.6 Å². The van der Waals surface area contributed by atoms with Crippen LogP contribution in [0, 0.1) is 5.82 Å². The summed E-state index contributed by atoms with van der Waals surface area (Å²) in [6, 6.07) is 6.30. The molecule has 106 valence electrons. The Bertz CT molecular complexity index is 394. The van der Waals surface area contributed by atoms with Gasteiger partial charge in [0.05, 0.1) is 0 Å². The number of hydrogen-bond donors (Lipinski definition) is 0. The van der Waals surface area contributed by atoms with Crippen molar-refractivity contribution < 1.29 is 9.18 Å². The van der Waals surface area contributed by atoms with Crippen LogP contribution < -0.4 is 0 Å². The quantitative estimate of drug-likeness (QED) is 0.681. The van der Waals surface area contributed by atoms with E-state index in [4.69, 9.17) is 0 Å². The van der Waals surface area contributed by atoms with Crippen molar-refractivity contribution in [3.8, 4) is 0 Å². The van der Waals surface area contributed by atoms with Gasteiger partial charge in [-0.05, 0) is 57.5 Å². The molecule has 0 N–H and O–H groups in total. The summed E-state index contributed by atoms with van der Waals surface area (Å²) in [5.74, 6) is 0.885. The lowest BCUT2D eigenvalue weighted by atomic mass is 10.1. The summed E-state index contributed by atoms with van der Waals surface area (Å²) in [5.41, 5.74) is 0.598. The molecule has 0 aliphatic carbocycles. The summed E-state index contributed by atoms with van der Waals surface area (Å²) in [5, 5.41) is 0. The number of carbonyl (C=O) groups excluding carboxylic acids is 1. The van der Waals surface area contributed by atoms with Crippen LogP contribution in [0.25, 0.3) is 0 Å². The number of nitrogens with zero attached hydrogens (tertiary/aromatic N) is 1. The van der Waals surface area contributed by atoms with E-state index in [0.717, 1.165) is 18.7 Å². The molecular formula is C15H22FNOS. The average Bonchev–Trinajstić information content (AvgIpc) is 2.39. The van der Waals surface area contributed by atoms with Crippen LogP contribution >= 0.6 is 11.8 Å². The van der Waals surface area contributed by atoms with E-state index in [1.807, 2.05) is 11.8 Å². The third-order valence-corrected chi connectivity index (χ3v) is 4.06. The van der Waals surface area contributed by atoms with Gasteiger partial charge in [-0.25, -0.2) is 4.39 Å². The van der Waals surface area contributed by atoms with Crippen molar-refractivity contribution in [3.63, 3.8) is 0 Å². The first-order valence-electron chi connectivity index (χ1n) is 6.52. The largest absolute Gasteiger partial charge is 0.303 e. The third-order valence-electron chi connectivity index (χ3n) is 3.24. The van der Waals surface area contributed by atoms with Crippen molar-refractivity contribution in [1.29, 1.82) is 0 Å². The van der Waals surface area contributed by atoms with Crippen LogP contribution in [-0.4, -0.2) is 42.3 Å². The van der Waals surface area contributed by atoms with Gasteiger partial charge in [-0.2, -0.15) is 11.8 Å². The van der Waals surface area contributed by atoms with Gasteiger partial charge in [-0.15, -0.1) is 0 Å². The van der Waals surface area contributed by atoms with Gasteiger partial charge in [-0.1, -0.05) is 0 Å². The summed E-state index contributed by atoms with van der Waals surface area (Å²) in [7, 11) is 2.09. The minimum absolute atomic E-state index is 0.0888. The van der Waals surface area contributed by atoms with Crippen molar-refractivity contribution in [1.82, 2.24) is 4.90 Å². The van der Waals surface area contributed by atoms with Crippen LogP contribution in [0.1, 0.15) is 30.1 Å². The smallest absolute Gasteiger partial charge is 0.162 e. The highest BCUT2D eigenvalue weighted by molar-refractivity contribution is 7.98. The van der Waals surface area contributed by atoms with Crippen LogP contribution in [-0.2, 0) is 0 Å². The Kier molecular flexibility index (Phi) is 7.10. The van der Waals surface area contributed by atoms with E-state index in [0.29, 0.717) is 18.0 Å². The molecule has 0 fully saturated rings. The van der Waals surface area contributed by atoms with Gasteiger partial charge in [0, 0.05) is 23.8 Å². The Morgan fingerprint density at radius 2 is 2.00 bits per heavy atom. The second-order valence-electron chi connectivity index (χ2n) is 4.82. The molecule has 2 nitrogen and oxygen atoms in total. The van der Waals surface area contributed by atoms with E-state index in [1.54, 1.807) is 12.1 Å². The Labute approximate surface area is 119 Å². The average molecular weight is 283 g/mol. The fourth-order valence-corrected chi connectivity index (χ4v) is 2.59. The minimum Gasteiger partial charge on any atom is -0.303 e. The van der Waals surface area contributed by atoms with E-state index in [2.05, 4.69) is 25.1 Å². The van der Waals surface area contributed by atoms with Crippen LogP contribution in [0.5, 0.6) is 0 Å². The van der Waals surface area contributed by atoms with Crippen LogP contribution in [0.4, 0.5) is 4.39 Å². The summed E-state index contributed by atoms with van der Waals surface area (Å²) < 4.78 is 12.7. The molecule has 4 heteroatoms. The Balaban J connectivity index is 2.33. The molecule has 0 amide bonds. The van der Waals surface area contributed by atoms with Crippen LogP contribution in [0.2, 0.25) is 0 Å². The fourth-order valence-electron chi connectivity index (χ4n) is 1.86. The highest BCUT2D eigenvalue weighted by atomic mass is 32.2. The topological polar surface area (TPSA) is 20.3 Å². The van der Waals surface area contributed by atoms with Gasteiger partial charge in [0.2, 0.25) is 0 Å². The predicted octanol–water partition coefficient (Wildman–Crippen LogP) is 3.47. The number of ketones is 1. The van der Waals surface area contributed by atoms with Crippen molar-refractivity contribution in [2.45, 2.75) is 25.8 Å². The van der Waals surface area contributed by atoms with Crippen molar-refractivity contribution >= 4 is 17.5 Å². The molecule has 0 saturated carbocycles. The monoisotopic (exact) mass is 283 g/mol. The number of Topliss-reactive ketones (excluding diaryl/α,β-unsaturated/α-hetero) is 1. The lowest BCUT2D eigenvalue weighted by Gasteiger charge is -2.23. The van der Waals surface area contributed by atoms with E-state index in [1.165, 1.54) is 12.1 Å². The normalized spacial score (nSPS) is 12.7. The molecular weight excluding hydrogens is 261 g/mol. The molecule has 0 bridgehead atoms. The second-order valence-corrected chi connectivity index (χ2v) is 5.73. The molecule has 0 saturated heterocycles. The summed E-state index contributed by atoms with van der Waals surface area (Å²) >= 11 is 1.83. The molecule has 1 aromatic rings. The highest BCUT2D eigenvalue weighted by Crippen LogP contribution is 2.09. The Morgan fingerprint density at radius 3 is 2.58 bits per heavy atom. The zero-order valence-electron chi connectivity index (χ0n) is 11.9. The molecule has 0 heterocycles. The molecule has 0 spiro atoms. The maximum atomic E-state index is 12.7. The molecule has 0 aromatic heterocycles. The van der Waals surface area contributed by atoms with E-state index >= 15 is 0 Å². The summed E-state index contributed by atoms with van der Waals surface area (Å²) in [4.78, 5) is 14.2. The number of carbonyl (C=O) groups is 1. The summed E-state index contributed by atoms with van der Waals surface area (Å²) in [6.07, 6.45) is 3.45. The number of hydrogen-bond acceptors (Lipinski definition) is 3. The Morgan fingerprint density at radius 1 is 1.37 bits per heavy atom. The van der Waals surface area contributed by atoms with Crippen molar-refractivity contribution in [2.24, 2.45) is 0 Å². The number of rotatable bonds is 8. The van der Waals surface area contributed by atoms with Gasteiger partial charge < -0.3 is 4.90 Å². The number of thioether (sulfide) groups is 1. The number of benzene rings is 1. The van der Waals surface area contributed by atoms with Crippen LogP contribution in [0.15, 0.2) is 24.3 Å². The number of halogens is 1. The van der Waals surface area contributed by atoms with Gasteiger partial charge >= 0.3 is 0 Å². The molecule has 0 radical (unpaired) electrons. The molecule has 1 aromatic carbocycles. The molecule has 1 rings (SSSR count). The van der Waals surface area contributed by atoms with Gasteiger partial charge in [0.1, 0.15) is 5.82 Å². The van der Waals surface area contributed by atoms with Crippen molar-refractivity contribution in [2.75, 3.05) is 25.6 Å². The second kappa shape index (κ2) is 8.33. The maximum Gasteiger partial charge on any atom is 0.162 e. The maximum absolute atomic E-state index is 12.7. The zero-order valence-corrected chi connectivity index (χ0v) is 12.7. The molecule has 1 unspecified atom stereocenters. The molecule has 0 aliphatic heterocycles. The molecule has 19 heavy (non-hydrogen) atoms. The Hall–Kier alpha value is -0.870. The SMILES string of the molecule is CSCC(C)N(C)CCCC(=O)c1ccc(F)cc1. The van der Waals surface area contributed by atoms with E-state index in [-0.39, 0.29) is 11.6 Å². The lowest BCUT2D eigenvalue weighted by Crippen LogP contribution is -2.32. The fraction of sp³-hybridized carbons (Fsp3) is 0.533. The highest BCUT2D eigenvalue weighted by Gasteiger charge is 2.10.